The first-order valence-electron chi connectivity index (χ1n) is 11.8. The van der Waals surface area contributed by atoms with Gasteiger partial charge in [0.05, 0.1) is 24.6 Å². The first-order valence-corrected chi connectivity index (χ1v) is 11.8. The van der Waals surface area contributed by atoms with Crippen molar-refractivity contribution in [3.8, 4) is 6.07 Å². The Morgan fingerprint density at radius 1 is 0.722 bits per heavy atom. The minimum atomic E-state index is -0.173. The van der Waals surface area contributed by atoms with E-state index in [1.807, 2.05) is 84.9 Å². The molecule has 0 unspecified atom stereocenters. The lowest BCUT2D eigenvalue weighted by Gasteiger charge is -2.24. The zero-order chi connectivity index (χ0) is 25.3. The van der Waals surface area contributed by atoms with Crippen LogP contribution in [0, 0.1) is 11.3 Å². The van der Waals surface area contributed by atoms with Crippen LogP contribution in [0.4, 0.5) is 5.69 Å². The van der Waals surface area contributed by atoms with E-state index in [1.54, 1.807) is 41.1 Å². The van der Waals surface area contributed by atoms with Gasteiger partial charge in [-0.05, 0) is 53.1 Å². The van der Waals surface area contributed by atoms with Crippen LogP contribution >= 0.6 is 0 Å². The Kier molecular flexibility index (Phi) is 7.90. The molecule has 0 bridgehead atoms. The zero-order valence-electron chi connectivity index (χ0n) is 20.2. The van der Waals surface area contributed by atoms with E-state index in [1.165, 1.54) is 0 Å². The van der Waals surface area contributed by atoms with E-state index in [4.69, 9.17) is 5.26 Å². The van der Waals surface area contributed by atoms with E-state index in [0.717, 1.165) is 16.7 Å². The molecule has 4 aromatic rings. The van der Waals surface area contributed by atoms with Gasteiger partial charge in [-0.2, -0.15) is 5.26 Å². The fourth-order valence-electron chi connectivity index (χ4n) is 3.98. The summed E-state index contributed by atoms with van der Waals surface area (Å²) in [4.78, 5) is 29.9. The molecule has 0 saturated heterocycles. The van der Waals surface area contributed by atoms with Crippen molar-refractivity contribution in [3.05, 3.63) is 137 Å². The number of rotatable bonds is 8. The van der Waals surface area contributed by atoms with Crippen molar-refractivity contribution < 1.29 is 9.59 Å². The molecule has 0 radical (unpaired) electrons. The number of amides is 2. The molecule has 0 saturated carbocycles. The number of hydrogen-bond donors (Lipinski definition) is 0. The van der Waals surface area contributed by atoms with Crippen molar-refractivity contribution in [2.24, 2.45) is 0 Å². The molecule has 178 valence electrons. The van der Waals surface area contributed by atoms with Crippen molar-refractivity contribution >= 4 is 17.5 Å². The van der Waals surface area contributed by atoms with Crippen LogP contribution in [0.25, 0.3) is 0 Å². The van der Waals surface area contributed by atoms with Gasteiger partial charge in [0.15, 0.2) is 0 Å². The molecule has 0 N–H and O–H groups in total. The monoisotopic (exact) mass is 473 g/mol. The molecule has 0 aromatic heterocycles. The van der Waals surface area contributed by atoms with Crippen LogP contribution in [0.5, 0.6) is 0 Å². The molecule has 4 rings (SSSR count). The number of carbonyl (C=O) groups is 2. The van der Waals surface area contributed by atoms with Gasteiger partial charge in [0.1, 0.15) is 0 Å². The van der Waals surface area contributed by atoms with Gasteiger partial charge < -0.3 is 9.80 Å². The lowest BCUT2D eigenvalue weighted by Crippen LogP contribution is -2.31. The lowest BCUT2D eigenvalue weighted by molar-refractivity contribution is -0.129. The Labute approximate surface area is 211 Å². The molecular formula is C31H27N3O2. The van der Waals surface area contributed by atoms with Gasteiger partial charge in [0, 0.05) is 24.8 Å². The topological polar surface area (TPSA) is 64.4 Å². The van der Waals surface area contributed by atoms with Crippen molar-refractivity contribution in [1.29, 1.82) is 5.26 Å². The third kappa shape index (κ3) is 6.25. The van der Waals surface area contributed by atoms with Gasteiger partial charge in [-0.25, -0.2) is 0 Å². The van der Waals surface area contributed by atoms with Crippen molar-refractivity contribution in [1.82, 2.24) is 4.90 Å². The molecule has 36 heavy (non-hydrogen) atoms. The van der Waals surface area contributed by atoms with E-state index in [9.17, 15) is 9.59 Å². The maximum atomic E-state index is 13.6. The van der Waals surface area contributed by atoms with Crippen molar-refractivity contribution in [2.75, 3.05) is 11.9 Å². The van der Waals surface area contributed by atoms with Gasteiger partial charge >= 0.3 is 0 Å². The predicted molar refractivity (Wildman–Crippen MR) is 141 cm³/mol. The fraction of sp³-hybridized carbons (Fsp3) is 0.129. The molecule has 0 aliphatic rings. The number of carbonyl (C=O) groups excluding carboxylic acids is 2. The Balaban J connectivity index is 1.57. The second-order valence-corrected chi connectivity index (χ2v) is 8.65. The standard InChI is InChI=1S/C31H27N3O2/c1-33(22-25-9-4-2-5-10-25)30(35)20-27-13-8-14-29(19-27)34(23-26-11-6-3-7-12-26)31(36)28-17-15-24(21-32)16-18-28/h2-19H,20,22-23H2,1H3. The average molecular weight is 474 g/mol. The summed E-state index contributed by atoms with van der Waals surface area (Å²) in [6.45, 7) is 0.918. The highest BCUT2D eigenvalue weighted by Gasteiger charge is 2.19. The summed E-state index contributed by atoms with van der Waals surface area (Å²) in [5.41, 5.74) is 4.61. The third-order valence-electron chi connectivity index (χ3n) is 5.96. The minimum absolute atomic E-state index is 0.00373. The number of likely N-dealkylation sites (N-methyl/N-ethyl adjacent to an activating group) is 1. The number of benzene rings is 4. The van der Waals surface area contributed by atoms with E-state index >= 15 is 0 Å². The number of nitriles is 1. The summed E-state index contributed by atoms with van der Waals surface area (Å²) in [6, 6.07) is 35.9. The smallest absolute Gasteiger partial charge is 0.258 e. The predicted octanol–water partition coefficient (Wildman–Crippen LogP) is 5.61. The second-order valence-electron chi connectivity index (χ2n) is 8.65. The molecule has 5 heteroatoms. The van der Waals surface area contributed by atoms with Crippen LogP contribution in [0.15, 0.2) is 109 Å². The summed E-state index contributed by atoms with van der Waals surface area (Å²) in [6.07, 6.45) is 0.238. The molecule has 0 aliphatic carbocycles. The molecule has 4 aromatic carbocycles. The third-order valence-corrected chi connectivity index (χ3v) is 5.96. The average Bonchev–Trinajstić information content (AvgIpc) is 2.92. The van der Waals surface area contributed by atoms with Crippen LogP contribution in [0.3, 0.4) is 0 Å². The van der Waals surface area contributed by atoms with Crippen LogP contribution < -0.4 is 4.90 Å². The molecule has 0 atom stereocenters. The highest BCUT2D eigenvalue weighted by molar-refractivity contribution is 6.06. The van der Waals surface area contributed by atoms with Crippen LogP contribution in [0.2, 0.25) is 0 Å². The molecule has 0 heterocycles. The summed E-state index contributed by atoms with van der Waals surface area (Å²) >= 11 is 0. The summed E-state index contributed by atoms with van der Waals surface area (Å²) in [5.74, 6) is -0.169. The summed E-state index contributed by atoms with van der Waals surface area (Å²) < 4.78 is 0. The van der Waals surface area contributed by atoms with Gasteiger partial charge in [0.2, 0.25) is 5.91 Å². The van der Waals surface area contributed by atoms with Gasteiger partial charge in [-0.3, -0.25) is 9.59 Å². The maximum absolute atomic E-state index is 13.6. The largest absolute Gasteiger partial charge is 0.341 e. The minimum Gasteiger partial charge on any atom is -0.341 e. The van der Waals surface area contributed by atoms with Crippen LogP contribution in [-0.2, 0) is 24.3 Å². The van der Waals surface area contributed by atoms with Gasteiger partial charge in [-0.15, -0.1) is 0 Å². The highest BCUT2D eigenvalue weighted by Crippen LogP contribution is 2.23. The quantitative estimate of drug-likeness (QED) is 0.334. The molecule has 5 nitrogen and oxygen atoms in total. The van der Waals surface area contributed by atoms with E-state index in [2.05, 4.69) is 6.07 Å². The molecule has 0 aliphatic heterocycles. The van der Waals surface area contributed by atoms with Gasteiger partial charge in [-0.1, -0.05) is 72.8 Å². The Bertz CT molecular complexity index is 1360. The Morgan fingerprint density at radius 2 is 1.31 bits per heavy atom. The SMILES string of the molecule is CN(Cc1ccccc1)C(=O)Cc1cccc(N(Cc2ccccc2)C(=O)c2ccc(C#N)cc2)c1. The molecular weight excluding hydrogens is 446 g/mol. The van der Waals surface area contributed by atoms with Crippen molar-refractivity contribution in [2.45, 2.75) is 19.5 Å². The number of nitrogens with zero attached hydrogens (tertiary/aromatic N) is 3. The Morgan fingerprint density at radius 3 is 1.92 bits per heavy atom. The zero-order valence-corrected chi connectivity index (χ0v) is 20.2. The highest BCUT2D eigenvalue weighted by atomic mass is 16.2. The van der Waals surface area contributed by atoms with Crippen LogP contribution in [0.1, 0.15) is 32.6 Å². The summed E-state index contributed by atoms with van der Waals surface area (Å²) in [5, 5.41) is 9.10. The first-order chi connectivity index (χ1) is 17.5. The lowest BCUT2D eigenvalue weighted by atomic mass is 10.1. The normalized spacial score (nSPS) is 10.3. The second kappa shape index (κ2) is 11.6. The van der Waals surface area contributed by atoms with E-state index in [-0.39, 0.29) is 18.2 Å². The number of anilines is 1. The first kappa shape index (κ1) is 24.4. The summed E-state index contributed by atoms with van der Waals surface area (Å²) in [7, 11) is 1.80. The van der Waals surface area contributed by atoms with E-state index in [0.29, 0.717) is 29.9 Å². The van der Waals surface area contributed by atoms with E-state index < -0.39 is 0 Å². The maximum Gasteiger partial charge on any atom is 0.258 e. The number of hydrogen-bond acceptors (Lipinski definition) is 3. The molecule has 0 spiro atoms. The van der Waals surface area contributed by atoms with Gasteiger partial charge in [0.25, 0.3) is 5.91 Å². The van der Waals surface area contributed by atoms with Crippen molar-refractivity contribution in [3.63, 3.8) is 0 Å². The molecule has 2 amide bonds. The van der Waals surface area contributed by atoms with Crippen LogP contribution in [-0.4, -0.2) is 23.8 Å². The Hall–Kier alpha value is -4.69. The molecule has 0 fully saturated rings. The fourth-order valence-corrected chi connectivity index (χ4v) is 3.98.